The molecule has 3 nitrogen and oxygen atoms in total. The lowest BCUT2D eigenvalue weighted by Gasteiger charge is -2.36. The predicted octanol–water partition coefficient (Wildman–Crippen LogP) is 1.49. The van der Waals surface area contributed by atoms with Crippen LogP contribution in [0.3, 0.4) is 0 Å². The Morgan fingerprint density at radius 3 is 2.62 bits per heavy atom. The van der Waals surface area contributed by atoms with Gasteiger partial charge in [0.15, 0.2) is 0 Å². The van der Waals surface area contributed by atoms with Crippen LogP contribution in [0.5, 0.6) is 0 Å². The molecule has 2 fully saturated rings. The van der Waals surface area contributed by atoms with Gasteiger partial charge < -0.3 is 15.0 Å². The summed E-state index contributed by atoms with van der Waals surface area (Å²) < 4.78 is 5.42. The summed E-state index contributed by atoms with van der Waals surface area (Å²) in [5, 5.41) is 3.50. The third kappa shape index (κ3) is 3.44. The van der Waals surface area contributed by atoms with E-state index in [1.54, 1.807) is 0 Å². The molecule has 0 amide bonds. The molecule has 16 heavy (non-hydrogen) atoms. The predicted molar refractivity (Wildman–Crippen MR) is 66.7 cm³/mol. The first-order chi connectivity index (χ1) is 7.78. The summed E-state index contributed by atoms with van der Waals surface area (Å²) in [4.78, 5) is 2.64. The quantitative estimate of drug-likeness (QED) is 0.789. The highest BCUT2D eigenvalue weighted by Crippen LogP contribution is 2.26. The molecule has 2 aliphatic rings. The van der Waals surface area contributed by atoms with Crippen molar-refractivity contribution in [2.24, 2.45) is 5.92 Å². The monoisotopic (exact) mass is 226 g/mol. The van der Waals surface area contributed by atoms with Crippen LogP contribution in [0.1, 0.15) is 32.6 Å². The van der Waals surface area contributed by atoms with Crippen molar-refractivity contribution in [3.05, 3.63) is 0 Å². The van der Waals surface area contributed by atoms with E-state index in [9.17, 15) is 0 Å². The smallest absolute Gasteiger partial charge is 0.0571 e. The number of nitrogens with one attached hydrogen (secondary N) is 1. The van der Waals surface area contributed by atoms with E-state index in [4.69, 9.17) is 4.74 Å². The van der Waals surface area contributed by atoms with Gasteiger partial charge in [-0.15, -0.1) is 0 Å². The number of nitrogens with zero attached hydrogens (tertiary/aromatic N) is 1. The van der Waals surface area contributed by atoms with Gasteiger partial charge in [-0.25, -0.2) is 0 Å². The van der Waals surface area contributed by atoms with Crippen LogP contribution in [-0.4, -0.2) is 50.3 Å². The van der Waals surface area contributed by atoms with Crippen molar-refractivity contribution in [3.63, 3.8) is 0 Å². The first-order valence-corrected chi connectivity index (χ1v) is 6.76. The van der Waals surface area contributed by atoms with Crippen molar-refractivity contribution in [3.8, 4) is 0 Å². The van der Waals surface area contributed by atoms with Crippen molar-refractivity contribution in [2.45, 2.75) is 44.8 Å². The molecule has 0 bridgehead atoms. The first kappa shape index (κ1) is 12.3. The molecule has 1 aliphatic carbocycles. The van der Waals surface area contributed by atoms with E-state index < -0.39 is 0 Å². The molecule has 3 heteroatoms. The lowest BCUT2D eigenvalue weighted by molar-refractivity contribution is 0.0474. The Labute approximate surface area is 99.5 Å². The summed E-state index contributed by atoms with van der Waals surface area (Å²) in [7, 11) is 1.85. The zero-order valence-corrected chi connectivity index (χ0v) is 10.7. The molecule has 1 aliphatic heterocycles. The molecule has 0 aromatic heterocycles. The number of rotatable bonds is 3. The first-order valence-electron chi connectivity index (χ1n) is 6.76. The number of methoxy groups -OCH3 is 1. The number of hydrogen-bond donors (Lipinski definition) is 1. The van der Waals surface area contributed by atoms with E-state index in [0.29, 0.717) is 12.1 Å². The van der Waals surface area contributed by atoms with Crippen LogP contribution in [0.15, 0.2) is 0 Å². The summed E-state index contributed by atoms with van der Waals surface area (Å²) in [5.74, 6) is 0.914. The second kappa shape index (κ2) is 5.99. The molecule has 94 valence electrons. The summed E-state index contributed by atoms with van der Waals surface area (Å²) in [5.41, 5.74) is 0. The fourth-order valence-electron chi connectivity index (χ4n) is 3.09. The molecule has 1 unspecified atom stereocenters. The number of ether oxygens (including phenoxy) is 1. The van der Waals surface area contributed by atoms with Gasteiger partial charge in [0.25, 0.3) is 0 Å². The molecular formula is C13H26N2O. The number of piperazine rings is 1. The van der Waals surface area contributed by atoms with Gasteiger partial charge in [-0.05, 0) is 38.5 Å². The van der Waals surface area contributed by atoms with Gasteiger partial charge in [-0.3, -0.25) is 0 Å². The molecule has 0 aromatic carbocycles. The van der Waals surface area contributed by atoms with Crippen molar-refractivity contribution < 1.29 is 4.74 Å². The van der Waals surface area contributed by atoms with E-state index in [1.165, 1.54) is 45.3 Å². The van der Waals surface area contributed by atoms with Gasteiger partial charge in [-0.2, -0.15) is 0 Å². The van der Waals surface area contributed by atoms with E-state index in [1.807, 2.05) is 7.11 Å². The molecule has 0 radical (unpaired) electrons. The number of hydrogen-bond acceptors (Lipinski definition) is 3. The van der Waals surface area contributed by atoms with Crippen LogP contribution in [0.25, 0.3) is 0 Å². The van der Waals surface area contributed by atoms with Gasteiger partial charge in [0.1, 0.15) is 0 Å². The Hall–Kier alpha value is -0.120. The standard InChI is InChI=1S/C13H26N2O/c1-11-9-15(8-7-14-11)10-12-3-5-13(16-2)6-4-12/h11-14H,3-10H2,1-2H3. The summed E-state index contributed by atoms with van der Waals surface area (Å²) in [6.45, 7) is 7.21. The van der Waals surface area contributed by atoms with E-state index in [2.05, 4.69) is 17.1 Å². The molecule has 1 saturated heterocycles. The van der Waals surface area contributed by atoms with Crippen LogP contribution in [0.4, 0.5) is 0 Å². The van der Waals surface area contributed by atoms with Gasteiger partial charge >= 0.3 is 0 Å². The van der Waals surface area contributed by atoms with Crippen LogP contribution >= 0.6 is 0 Å². The van der Waals surface area contributed by atoms with Gasteiger partial charge in [0, 0.05) is 39.3 Å². The summed E-state index contributed by atoms with van der Waals surface area (Å²) in [6.07, 6.45) is 5.79. The van der Waals surface area contributed by atoms with Gasteiger partial charge in [0.05, 0.1) is 6.10 Å². The van der Waals surface area contributed by atoms with Crippen LogP contribution < -0.4 is 5.32 Å². The SMILES string of the molecule is COC1CCC(CN2CCNC(C)C2)CC1. The minimum atomic E-state index is 0.540. The Morgan fingerprint density at radius 1 is 1.25 bits per heavy atom. The van der Waals surface area contributed by atoms with Gasteiger partial charge in [-0.1, -0.05) is 0 Å². The molecule has 1 N–H and O–H groups in total. The minimum absolute atomic E-state index is 0.540. The lowest BCUT2D eigenvalue weighted by Crippen LogP contribution is -2.50. The maximum absolute atomic E-state index is 5.42. The van der Waals surface area contributed by atoms with E-state index >= 15 is 0 Å². The fraction of sp³-hybridized carbons (Fsp3) is 1.00. The van der Waals surface area contributed by atoms with E-state index in [0.717, 1.165) is 12.5 Å². The normalized spacial score (nSPS) is 37.5. The fourth-order valence-corrected chi connectivity index (χ4v) is 3.09. The summed E-state index contributed by atoms with van der Waals surface area (Å²) in [6, 6.07) is 0.670. The highest BCUT2D eigenvalue weighted by molar-refractivity contribution is 4.80. The van der Waals surface area contributed by atoms with Crippen LogP contribution in [0, 0.1) is 5.92 Å². The van der Waals surface area contributed by atoms with Crippen LogP contribution in [0.2, 0.25) is 0 Å². The van der Waals surface area contributed by atoms with Crippen molar-refractivity contribution in [1.29, 1.82) is 0 Å². The minimum Gasteiger partial charge on any atom is -0.381 e. The molecule has 1 saturated carbocycles. The zero-order chi connectivity index (χ0) is 11.4. The third-order valence-electron chi connectivity index (χ3n) is 4.10. The second-order valence-electron chi connectivity index (χ2n) is 5.49. The average molecular weight is 226 g/mol. The lowest BCUT2D eigenvalue weighted by atomic mass is 9.87. The molecule has 0 spiro atoms. The average Bonchev–Trinajstić information content (AvgIpc) is 2.30. The Morgan fingerprint density at radius 2 is 2.00 bits per heavy atom. The maximum Gasteiger partial charge on any atom is 0.0571 e. The maximum atomic E-state index is 5.42. The molecule has 0 aromatic rings. The van der Waals surface area contributed by atoms with E-state index in [-0.39, 0.29) is 0 Å². The van der Waals surface area contributed by atoms with Crippen LogP contribution in [-0.2, 0) is 4.74 Å². The molecule has 2 rings (SSSR count). The van der Waals surface area contributed by atoms with Gasteiger partial charge in [0.2, 0.25) is 0 Å². The second-order valence-corrected chi connectivity index (χ2v) is 5.49. The molecule has 1 atom stereocenters. The Kier molecular flexibility index (Phi) is 4.62. The zero-order valence-electron chi connectivity index (χ0n) is 10.7. The van der Waals surface area contributed by atoms with Crippen molar-refractivity contribution >= 4 is 0 Å². The van der Waals surface area contributed by atoms with Crippen molar-refractivity contribution in [1.82, 2.24) is 10.2 Å². The highest BCUT2D eigenvalue weighted by atomic mass is 16.5. The Bertz CT molecular complexity index is 202. The summed E-state index contributed by atoms with van der Waals surface area (Å²) >= 11 is 0. The Balaban J connectivity index is 1.69. The topological polar surface area (TPSA) is 24.5 Å². The molecule has 1 heterocycles. The van der Waals surface area contributed by atoms with Crippen molar-refractivity contribution in [2.75, 3.05) is 33.3 Å². The third-order valence-corrected chi connectivity index (χ3v) is 4.10. The molecular weight excluding hydrogens is 200 g/mol. The largest absolute Gasteiger partial charge is 0.381 e. The highest BCUT2D eigenvalue weighted by Gasteiger charge is 2.24.